The van der Waals surface area contributed by atoms with Gasteiger partial charge in [-0.1, -0.05) is 43.7 Å². The molecule has 220 valence electrons. The highest BCUT2D eigenvalue weighted by atomic mass is 32.2. The summed E-state index contributed by atoms with van der Waals surface area (Å²) >= 11 is 0. The van der Waals surface area contributed by atoms with Gasteiger partial charge in [0.2, 0.25) is 5.82 Å². The van der Waals surface area contributed by atoms with Crippen LogP contribution in [-0.4, -0.2) is 29.9 Å². The van der Waals surface area contributed by atoms with Gasteiger partial charge in [-0.2, -0.15) is 8.42 Å². The van der Waals surface area contributed by atoms with Crippen LogP contribution in [0.3, 0.4) is 0 Å². The fourth-order valence-electron chi connectivity index (χ4n) is 5.29. The predicted octanol–water partition coefficient (Wildman–Crippen LogP) is 6.74. The molecule has 0 aliphatic carbocycles. The zero-order valence-corrected chi connectivity index (χ0v) is 22.9. The van der Waals surface area contributed by atoms with Crippen LogP contribution in [0.2, 0.25) is 0 Å². The lowest BCUT2D eigenvalue weighted by atomic mass is 9.94. The molecule has 0 bridgehead atoms. The first kappa shape index (κ1) is 28.5. The van der Waals surface area contributed by atoms with Crippen molar-refractivity contribution in [3.8, 4) is 5.69 Å². The van der Waals surface area contributed by atoms with E-state index in [1.165, 1.54) is 18.2 Å². The molecule has 1 aromatic heterocycles. The quantitative estimate of drug-likeness (QED) is 0.0878. The van der Waals surface area contributed by atoms with E-state index in [-0.39, 0.29) is 21.6 Å². The molecule has 7 nitrogen and oxygen atoms in total. The molecule has 1 aliphatic heterocycles. The fraction of sp³-hybridized carbons (Fsp3) is 0.133. The van der Waals surface area contributed by atoms with E-state index >= 15 is 0 Å². The van der Waals surface area contributed by atoms with Crippen LogP contribution >= 0.6 is 0 Å². The number of hydrogen-bond donors (Lipinski definition) is 0. The summed E-state index contributed by atoms with van der Waals surface area (Å²) in [5.74, 6) is -15.8. The lowest BCUT2D eigenvalue weighted by Crippen LogP contribution is -2.42. The van der Waals surface area contributed by atoms with Gasteiger partial charge in [-0.05, 0) is 42.7 Å². The number of aromatic nitrogens is 1. The fourth-order valence-corrected chi connectivity index (χ4v) is 6.32. The Balaban J connectivity index is 1.46. The molecule has 6 rings (SSSR count). The molecule has 0 atom stereocenters. The second-order valence-electron chi connectivity index (χ2n) is 9.84. The van der Waals surface area contributed by atoms with E-state index in [1.807, 2.05) is 35.0 Å². The van der Waals surface area contributed by atoms with E-state index in [2.05, 4.69) is 11.2 Å². The second-order valence-corrected chi connectivity index (χ2v) is 11.3. The van der Waals surface area contributed by atoms with Gasteiger partial charge < -0.3 is 4.57 Å². The van der Waals surface area contributed by atoms with Gasteiger partial charge >= 0.3 is 10.1 Å². The molecule has 0 N–H and O–H groups in total. The molecule has 43 heavy (non-hydrogen) atoms. The van der Waals surface area contributed by atoms with Crippen LogP contribution in [0, 0.1) is 29.1 Å². The molecule has 0 unspecified atom stereocenters. The van der Waals surface area contributed by atoms with Crippen LogP contribution in [0.25, 0.3) is 27.4 Å². The number of hydroxylamine groups is 2. The van der Waals surface area contributed by atoms with Crippen LogP contribution in [0.5, 0.6) is 0 Å². The highest BCUT2D eigenvalue weighted by molar-refractivity contribution is 7.86. The Morgan fingerprint density at radius 3 is 2.02 bits per heavy atom. The van der Waals surface area contributed by atoms with Crippen molar-refractivity contribution >= 4 is 43.6 Å². The standard InChI is InChI=1S/C30H19F5N2O5S/c1-2-3-7-15-14-36(20-11-5-4-8-16(15)20)21-13-12-19-22-17(21)9-6-10-18(22)29(38)37(30(19)39)42-43(40,41)28-26(34)24(32)23(31)25(33)27(28)35/h4-6,8-14H,2-3,7H2,1H3. The van der Waals surface area contributed by atoms with Gasteiger partial charge in [0.25, 0.3) is 11.8 Å². The molecule has 0 spiro atoms. The number of rotatable bonds is 7. The Hall–Kier alpha value is -4.62. The molecule has 5 aromatic rings. The van der Waals surface area contributed by atoms with Crippen LogP contribution < -0.4 is 0 Å². The van der Waals surface area contributed by atoms with E-state index < -0.39 is 55.9 Å². The number of halogens is 5. The first-order valence-electron chi connectivity index (χ1n) is 13.0. The zero-order valence-electron chi connectivity index (χ0n) is 22.1. The van der Waals surface area contributed by atoms with Crippen LogP contribution in [0.4, 0.5) is 22.0 Å². The number of carbonyl (C=O) groups excluding carboxylic acids is 2. The van der Waals surface area contributed by atoms with Gasteiger partial charge in [0.1, 0.15) is 0 Å². The number of imide groups is 1. The number of fused-ring (bicyclic) bond motifs is 1. The normalized spacial score (nSPS) is 13.5. The Morgan fingerprint density at radius 1 is 0.744 bits per heavy atom. The summed E-state index contributed by atoms with van der Waals surface area (Å²) in [6.07, 6.45) is 4.75. The lowest BCUT2D eigenvalue weighted by Gasteiger charge is -2.26. The monoisotopic (exact) mass is 614 g/mol. The Kier molecular flexibility index (Phi) is 6.81. The van der Waals surface area contributed by atoms with Crippen molar-refractivity contribution in [1.29, 1.82) is 0 Å². The molecule has 1 aliphatic rings. The van der Waals surface area contributed by atoms with E-state index in [4.69, 9.17) is 0 Å². The third kappa shape index (κ3) is 4.29. The molecule has 4 aromatic carbocycles. The summed E-state index contributed by atoms with van der Waals surface area (Å²) in [5.41, 5.74) is 2.21. The van der Waals surface area contributed by atoms with E-state index in [9.17, 15) is 40.0 Å². The van der Waals surface area contributed by atoms with Gasteiger partial charge in [0.15, 0.2) is 28.2 Å². The lowest BCUT2D eigenvalue weighted by molar-refractivity contribution is -0.0159. The maximum atomic E-state index is 14.3. The second kappa shape index (κ2) is 10.3. The molecule has 0 radical (unpaired) electrons. The average molecular weight is 615 g/mol. The molecule has 0 saturated carbocycles. The van der Waals surface area contributed by atoms with Crippen molar-refractivity contribution in [1.82, 2.24) is 9.63 Å². The molecular formula is C30H19F5N2O5S. The molecule has 13 heteroatoms. The van der Waals surface area contributed by atoms with Crippen LogP contribution in [-0.2, 0) is 20.8 Å². The minimum Gasteiger partial charge on any atom is -0.316 e. The summed E-state index contributed by atoms with van der Waals surface area (Å²) in [4.78, 5) is 24.4. The molecule has 0 saturated heterocycles. The highest BCUT2D eigenvalue weighted by Crippen LogP contribution is 2.37. The highest BCUT2D eigenvalue weighted by Gasteiger charge is 2.42. The van der Waals surface area contributed by atoms with Gasteiger partial charge in [-0.3, -0.25) is 9.59 Å². The van der Waals surface area contributed by atoms with Crippen molar-refractivity contribution in [2.45, 2.75) is 31.1 Å². The number of para-hydroxylation sites is 1. The van der Waals surface area contributed by atoms with E-state index in [1.54, 1.807) is 12.1 Å². The number of carbonyl (C=O) groups is 2. The van der Waals surface area contributed by atoms with Crippen molar-refractivity contribution < 1.29 is 44.2 Å². The van der Waals surface area contributed by atoms with Gasteiger partial charge in [-0.25, -0.2) is 22.0 Å². The van der Waals surface area contributed by atoms with Crippen molar-refractivity contribution in [2.75, 3.05) is 0 Å². The first-order chi connectivity index (χ1) is 20.5. The number of unbranched alkanes of at least 4 members (excludes halogenated alkanes) is 1. The summed E-state index contributed by atoms with van der Waals surface area (Å²) in [6.45, 7) is 2.08. The Bertz CT molecular complexity index is 2080. The third-order valence-electron chi connectivity index (χ3n) is 7.29. The summed E-state index contributed by atoms with van der Waals surface area (Å²) in [5, 5.41) is 1.37. The molecule has 2 amide bonds. The molecule has 2 heterocycles. The number of amides is 2. The average Bonchev–Trinajstić information content (AvgIpc) is 3.36. The Morgan fingerprint density at radius 2 is 1.35 bits per heavy atom. The molecule has 0 fully saturated rings. The third-order valence-corrected chi connectivity index (χ3v) is 8.50. The van der Waals surface area contributed by atoms with Crippen LogP contribution in [0.1, 0.15) is 46.0 Å². The smallest absolute Gasteiger partial charge is 0.316 e. The number of benzene rings is 4. The van der Waals surface area contributed by atoms with Gasteiger partial charge in [0, 0.05) is 22.4 Å². The number of aryl methyl sites for hydroxylation is 1. The summed E-state index contributed by atoms with van der Waals surface area (Å²) in [7, 11) is -5.92. The first-order valence-corrected chi connectivity index (χ1v) is 14.4. The largest absolute Gasteiger partial charge is 0.324 e. The molecular weight excluding hydrogens is 595 g/mol. The maximum Gasteiger partial charge on any atom is 0.324 e. The maximum absolute atomic E-state index is 14.3. The number of hydrogen-bond acceptors (Lipinski definition) is 5. The SMILES string of the molecule is CCCCc1cn(-c2ccc3c4c(cccc24)C(=O)N(OS(=O)(=O)c2c(F)c(F)c(F)c(F)c2F)C3=O)c2ccccc12. The van der Waals surface area contributed by atoms with Crippen molar-refractivity contribution in [2.24, 2.45) is 0 Å². The van der Waals surface area contributed by atoms with Gasteiger partial charge in [-0.15, -0.1) is 9.35 Å². The number of nitrogens with zero attached hydrogens (tertiary/aromatic N) is 2. The summed E-state index contributed by atoms with van der Waals surface area (Å²) in [6, 6.07) is 15.1. The Labute approximate surface area is 240 Å². The zero-order chi connectivity index (χ0) is 30.8. The van der Waals surface area contributed by atoms with E-state index in [0.29, 0.717) is 11.1 Å². The van der Waals surface area contributed by atoms with E-state index in [0.717, 1.165) is 35.7 Å². The predicted molar refractivity (Wildman–Crippen MR) is 144 cm³/mol. The topological polar surface area (TPSA) is 85.7 Å². The minimum atomic E-state index is -5.92. The summed E-state index contributed by atoms with van der Waals surface area (Å²) < 4.78 is 101. The van der Waals surface area contributed by atoms with Crippen molar-refractivity contribution in [3.63, 3.8) is 0 Å². The van der Waals surface area contributed by atoms with Gasteiger partial charge in [0.05, 0.1) is 22.3 Å². The van der Waals surface area contributed by atoms with Crippen LogP contribution in [0.15, 0.2) is 65.7 Å². The minimum absolute atomic E-state index is 0.163. The van der Waals surface area contributed by atoms with Crippen molar-refractivity contribution in [3.05, 3.63) is 107 Å².